The highest BCUT2D eigenvalue weighted by atomic mass is 16.5. The second-order valence-corrected chi connectivity index (χ2v) is 11.7. The highest BCUT2D eigenvalue weighted by Crippen LogP contribution is 2.13. The molecule has 0 bridgehead atoms. The summed E-state index contributed by atoms with van der Waals surface area (Å²) in [6, 6.07) is 4.44. The summed E-state index contributed by atoms with van der Waals surface area (Å²) in [6.07, 6.45) is 9.81. The molecule has 12 heteroatoms. The van der Waals surface area contributed by atoms with Crippen LogP contribution in [-0.4, -0.2) is 55.0 Å². The van der Waals surface area contributed by atoms with Crippen molar-refractivity contribution in [2.24, 2.45) is 11.7 Å². The predicted molar refractivity (Wildman–Crippen MR) is 176 cm³/mol. The van der Waals surface area contributed by atoms with Crippen molar-refractivity contribution in [1.82, 2.24) is 21.3 Å². The van der Waals surface area contributed by atoms with Crippen LogP contribution in [0, 0.1) is 5.92 Å². The highest BCUT2D eigenvalue weighted by Gasteiger charge is 2.28. The number of amides is 6. The van der Waals surface area contributed by atoms with E-state index >= 15 is 0 Å². The van der Waals surface area contributed by atoms with Crippen LogP contribution in [0.25, 0.3) is 0 Å². The number of anilines is 1. The van der Waals surface area contributed by atoms with Crippen LogP contribution in [0.2, 0.25) is 0 Å². The highest BCUT2D eigenvalue weighted by molar-refractivity contribution is 5.98. The standard InChI is InChI=1S/C33H56N6O6/c1-5-7-9-11-13-21-36-33(44)45-23-25-17-19-26(20-18-25)37-30(41)27(15-14-22-35-32(34)43)38-31(42)29(24(3)4)39-28(40)16-12-10-8-6-2/h17-20,24,27,29H,5-16,21-23H2,1-4H3,(H,36,44)(H,37,41)(H,38,42)(H,39,40)(H3,34,35,43)/t27-,29-/m0/s1. The Morgan fingerprint density at radius 3 is 2.00 bits per heavy atom. The van der Waals surface area contributed by atoms with Gasteiger partial charge in [0.15, 0.2) is 0 Å². The smallest absolute Gasteiger partial charge is 0.407 e. The number of hydrogen-bond donors (Lipinski definition) is 6. The van der Waals surface area contributed by atoms with Gasteiger partial charge in [0, 0.05) is 25.2 Å². The zero-order valence-electron chi connectivity index (χ0n) is 27.7. The van der Waals surface area contributed by atoms with Crippen molar-refractivity contribution in [2.75, 3.05) is 18.4 Å². The number of benzene rings is 1. The normalized spacial score (nSPS) is 12.1. The van der Waals surface area contributed by atoms with E-state index in [0.29, 0.717) is 25.1 Å². The summed E-state index contributed by atoms with van der Waals surface area (Å²) >= 11 is 0. The SMILES string of the molecule is CCCCCCCNC(=O)OCc1ccc(NC(=O)[C@H](CCCNC(N)=O)NC(=O)[C@@H](NC(=O)CCCCCC)C(C)C)cc1. The zero-order chi connectivity index (χ0) is 33.5. The molecule has 2 atom stereocenters. The molecule has 254 valence electrons. The van der Waals surface area contributed by atoms with Crippen molar-refractivity contribution in [1.29, 1.82) is 0 Å². The molecule has 45 heavy (non-hydrogen) atoms. The molecule has 0 aliphatic rings. The Bertz CT molecular complexity index is 1030. The number of carbonyl (C=O) groups is 5. The van der Waals surface area contributed by atoms with Gasteiger partial charge in [0.2, 0.25) is 17.7 Å². The van der Waals surface area contributed by atoms with Crippen LogP contribution < -0.4 is 32.3 Å². The Kier molecular flexibility index (Phi) is 20.5. The van der Waals surface area contributed by atoms with E-state index in [1.807, 2.05) is 13.8 Å². The lowest BCUT2D eigenvalue weighted by molar-refractivity contribution is -0.132. The minimum Gasteiger partial charge on any atom is -0.445 e. The van der Waals surface area contributed by atoms with Crippen molar-refractivity contribution >= 4 is 35.5 Å². The predicted octanol–water partition coefficient (Wildman–Crippen LogP) is 4.87. The minimum absolute atomic E-state index is 0.0857. The first kappa shape index (κ1) is 39.2. The molecule has 0 aliphatic heterocycles. The Morgan fingerprint density at radius 2 is 1.38 bits per heavy atom. The van der Waals surface area contributed by atoms with Crippen LogP contribution >= 0.6 is 0 Å². The average molecular weight is 633 g/mol. The third kappa shape index (κ3) is 18.5. The molecule has 0 heterocycles. The molecule has 0 fully saturated rings. The van der Waals surface area contributed by atoms with E-state index in [1.54, 1.807) is 24.3 Å². The molecule has 0 aliphatic carbocycles. The van der Waals surface area contributed by atoms with E-state index in [4.69, 9.17) is 10.5 Å². The monoisotopic (exact) mass is 632 g/mol. The molecule has 1 aromatic carbocycles. The third-order valence-corrected chi connectivity index (χ3v) is 7.27. The summed E-state index contributed by atoms with van der Waals surface area (Å²) in [6.45, 7) is 8.81. The van der Waals surface area contributed by atoms with E-state index in [0.717, 1.165) is 50.5 Å². The van der Waals surface area contributed by atoms with Crippen molar-refractivity contribution in [3.8, 4) is 0 Å². The molecule has 0 radical (unpaired) electrons. The fourth-order valence-electron chi connectivity index (χ4n) is 4.57. The summed E-state index contributed by atoms with van der Waals surface area (Å²) in [5.41, 5.74) is 6.39. The quantitative estimate of drug-likeness (QED) is 0.0937. The Morgan fingerprint density at radius 1 is 0.756 bits per heavy atom. The van der Waals surface area contributed by atoms with E-state index in [9.17, 15) is 24.0 Å². The van der Waals surface area contributed by atoms with Gasteiger partial charge >= 0.3 is 12.1 Å². The summed E-state index contributed by atoms with van der Waals surface area (Å²) in [7, 11) is 0. The maximum atomic E-state index is 13.3. The van der Waals surface area contributed by atoms with Gasteiger partial charge in [-0.2, -0.15) is 0 Å². The fourth-order valence-corrected chi connectivity index (χ4v) is 4.57. The second-order valence-electron chi connectivity index (χ2n) is 11.7. The van der Waals surface area contributed by atoms with Crippen molar-refractivity contribution in [3.63, 3.8) is 0 Å². The van der Waals surface area contributed by atoms with Gasteiger partial charge in [-0.3, -0.25) is 14.4 Å². The topological polar surface area (TPSA) is 181 Å². The number of nitrogens with one attached hydrogen (secondary N) is 5. The first-order chi connectivity index (χ1) is 21.6. The molecule has 0 spiro atoms. The fraction of sp³-hybridized carbons (Fsp3) is 0.667. The van der Waals surface area contributed by atoms with Gasteiger partial charge in [0.05, 0.1) is 0 Å². The lowest BCUT2D eigenvalue weighted by Crippen LogP contribution is -2.54. The number of nitrogens with two attached hydrogens (primary N) is 1. The number of rotatable bonds is 23. The molecule has 0 saturated carbocycles. The van der Waals surface area contributed by atoms with Crippen molar-refractivity contribution in [3.05, 3.63) is 29.8 Å². The number of carbonyl (C=O) groups excluding carboxylic acids is 5. The third-order valence-electron chi connectivity index (χ3n) is 7.27. The lowest BCUT2D eigenvalue weighted by atomic mass is 10.0. The van der Waals surface area contributed by atoms with Gasteiger partial charge in [-0.25, -0.2) is 9.59 Å². The van der Waals surface area contributed by atoms with Gasteiger partial charge in [0.1, 0.15) is 18.7 Å². The summed E-state index contributed by atoms with van der Waals surface area (Å²) in [5.74, 6) is -1.30. The van der Waals surface area contributed by atoms with E-state index < -0.39 is 36.0 Å². The average Bonchev–Trinajstić information content (AvgIpc) is 3.00. The summed E-state index contributed by atoms with van der Waals surface area (Å²) < 4.78 is 5.28. The maximum absolute atomic E-state index is 13.3. The van der Waals surface area contributed by atoms with Gasteiger partial charge in [0.25, 0.3) is 0 Å². The number of hydrogen-bond acceptors (Lipinski definition) is 6. The molecule has 1 rings (SSSR count). The Balaban J connectivity index is 2.74. The van der Waals surface area contributed by atoms with Gasteiger partial charge in [-0.05, 0) is 49.3 Å². The van der Waals surface area contributed by atoms with Crippen molar-refractivity contribution < 1.29 is 28.7 Å². The maximum Gasteiger partial charge on any atom is 0.407 e. The summed E-state index contributed by atoms with van der Waals surface area (Å²) in [4.78, 5) is 62.1. The van der Waals surface area contributed by atoms with Gasteiger partial charge in [-0.15, -0.1) is 0 Å². The van der Waals surface area contributed by atoms with Gasteiger partial charge < -0.3 is 37.1 Å². The van der Waals surface area contributed by atoms with Crippen LogP contribution in [0.5, 0.6) is 0 Å². The first-order valence-corrected chi connectivity index (χ1v) is 16.5. The molecule has 0 unspecified atom stereocenters. The number of alkyl carbamates (subject to hydrolysis) is 1. The Hall–Kier alpha value is -3.83. The molecule has 0 aromatic heterocycles. The largest absolute Gasteiger partial charge is 0.445 e. The van der Waals surface area contributed by atoms with Crippen molar-refractivity contribution in [2.45, 2.75) is 123 Å². The Labute approximate surface area is 268 Å². The van der Waals surface area contributed by atoms with Crippen LogP contribution in [0.4, 0.5) is 15.3 Å². The lowest BCUT2D eigenvalue weighted by Gasteiger charge is -2.25. The molecule has 1 aromatic rings. The van der Waals surface area contributed by atoms with E-state index in [1.165, 1.54) is 12.8 Å². The van der Waals surface area contributed by atoms with E-state index in [-0.39, 0.29) is 31.4 Å². The number of primary amides is 1. The zero-order valence-corrected chi connectivity index (χ0v) is 27.7. The van der Waals surface area contributed by atoms with Crippen LogP contribution in [0.15, 0.2) is 24.3 Å². The second kappa shape index (κ2) is 23.5. The van der Waals surface area contributed by atoms with Crippen LogP contribution in [0.1, 0.15) is 110 Å². The molecule has 12 nitrogen and oxygen atoms in total. The number of ether oxygens (including phenoxy) is 1. The van der Waals surface area contributed by atoms with Crippen LogP contribution in [0.3, 0.4) is 0 Å². The molecular formula is C33H56N6O6. The molecule has 6 amide bonds. The first-order valence-electron chi connectivity index (χ1n) is 16.5. The van der Waals surface area contributed by atoms with E-state index in [2.05, 4.69) is 40.4 Å². The number of unbranched alkanes of at least 4 members (excludes halogenated alkanes) is 7. The molecular weight excluding hydrogens is 576 g/mol. The van der Waals surface area contributed by atoms with Gasteiger partial charge in [-0.1, -0.05) is 84.8 Å². The number of urea groups is 1. The summed E-state index contributed by atoms with van der Waals surface area (Å²) in [5, 5.41) is 13.7. The minimum atomic E-state index is -0.927. The molecule has 7 N–H and O–H groups in total. The van der Waals surface area contributed by atoms with Crippen LogP contribution in [-0.2, 0) is 25.7 Å². The molecule has 0 saturated heterocycles.